The minimum atomic E-state index is -3.28. The van der Waals surface area contributed by atoms with Crippen molar-refractivity contribution in [1.82, 2.24) is 13.5 Å². The van der Waals surface area contributed by atoms with Gasteiger partial charge in [-0.15, -0.1) is 0 Å². The molecule has 2 aliphatic rings. The van der Waals surface area contributed by atoms with E-state index in [1.165, 1.54) is 0 Å². The third kappa shape index (κ3) is 3.71. The molecule has 2 N–H and O–H groups in total. The Bertz CT molecular complexity index is 393. The molecule has 0 aromatic rings. The van der Waals surface area contributed by atoms with Crippen molar-refractivity contribution in [3.63, 3.8) is 0 Å². The predicted molar refractivity (Wildman–Crippen MR) is 80.6 cm³/mol. The van der Waals surface area contributed by atoms with Gasteiger partial charge in [0.1, 0.15) is 0 Å². The van der Waals surface area contributed by atoms with Crippen LogP contribution in [0, 0.1) is 5.92 Å². The summed E-state index contributed by atoms with van der Waals surface area (Å²) >= 11 is 0. The van der Waals surface area contributed by atoms with Gasteiger partial charge in [-0.05, 0) is 38.3 Å². The number of hydrogen-bond donors (Lipinski definition) is 1. The lowest BCUT2D eigenvalue weighted by Crippen LogP contribution is -2.55. The Labute approximate surface area is 123 Å². The number of nitrogens with two attached hydrogens (primary N) is 1. The fourth-order valence-corrected chi connectivity index (χ4v) is 4.80. The highest BCUT2D eigenvalue weighted by Crippen LogP contribution is 2.21. The van der Waals surface area contributed by atoms with Crippen molar-refractivity contribution in [2.75, 3.05) is 52.4 Å². The second-order valence-electron chi connectivity index (χ2n) is 5.85. The highest BCUT2D eigenvalue weighted by molar-refractivity contribution is 7.86. The Balaban J connectivity index is 1.93. The van der Waals surface area contributed by atoms with Crippen molar-refractivity contribution < 1.29 is 8.42 Å². The molecule has 2 saturated heterocycles. The SMILES string of the molecule is CCCN1CCN(S(=O)(=O)N2CCCC(CN)C2)CC1. The fraction of sp³-hybridized carbons (Fsp3) is 1.00. The number of piperazine rings is 1. The van der Waals surface area contributed by atoms with Gasteiger partial charge in [-0.3, -0.25) is 0 Å². The first kappa shape index (κ1) is 16.2. The molecule has 0 amide bonds. The van der Waals surface area contributed by atoms with E-state index in [-0.39, 0.29) is 0 Å². The van der Waals surface area contributed by atoms with E-state index < -0.39 is 10.2 Å². The average Bonchev–Trinajstić information content (AvgIpc) is 2.48. The zero-order valence-electron chi connectivity index (χ0n) is 12.5. The Morgan fingerprint density at radius 1 is 1.10 bits per heavy atom. The number of nitrogens with zero attached hydrogens (tertiary/aromatic N) is 3. The van der Waals surface area contributed by atoms with Gasteiger partial charge in [0.15, 0.2) is 0 Å². The molecular weight excluding hydrogens is 276 g/mol. The third-order valence-corrected chi connectivity index (χ3v) is 6.34. The van der Waals surface area contributed by atoms with E-state index in [2.05, 4.69) is 11.8 Å². The molecule has 6 nitrogen and oxygen atoms in total. The van der Waals surface area contributed by atoms with Crippen LogP contribution >= 0.6 is 0 Å². The summed E-state index contributed by atoms with van der Waals surface area (Å²) in [5, 5.41) is 0. The normalized spacial score (nSPS) is 27.8. The average molecular weight is 304 g/mol. The lowest BCUT2D eigenvalue weighted by atomic mass is 10.0. The summed E-state index contributed by atoms with van der Waals surface area (Å²) in [6, 6.07) is 0. The molecule has 0 saturated carbocycles. The molecule has 1 unspecified atom stereocenters. The number of hydrogen-bond acceptors (Lipinski definition) is 4. The van der Waals surface area contributed by atoms with Crippen LogP contribution in [-0.4, -0.2) is 74.3 Å². The van der Waals surface area contributed by atoms with Gasteiger partial charge < -0.3 is 10.6 Å². The van der Waals surface area contributed by atoms with E-state index in [0.29, 0.717) is 38.6 Å². The Hall–Kier alpha value is -0.210. The highest BCUT2D eigenvalue weighted by atomic mass is 32.2. The first-order chi connectivity index (χ1) is 9.57. The third-order valence-electron chi connectivity index (χ3n) is 4.34. The molecule has 118 valence electrons. The Morgan fingerprint density at radius 3 is 2.40 bits per heavy atom. The standard InChI is InChI=1S/C13H28N4O2S/c1-2-5-15-7-9-16(10-8-15)20(18,19)17-6-3-4-13(11-14)12-17/h13H,2-12,14H2,1H3. The lowest BCUT2D eigenvalue weighted by Gasteiger charge is -2.39. The van der Waals surface area contributed by atoms with Gasteiger partial charge in [0.25, 0.3) is 10.2 Å². The molecule has 20 heavy (non-hydrogen) atoms. The van der Waals surface area contributed by atoms with Crippen LogP contribution in [0.5, 0.6) is 0 Å². The summed E-state index contributed by atoms with van der Waals surface area (Å²) in [5.74, 6) is 0.319. The molecule has 0 spiro atoms. The van der Waals surface area contributed by atoms with Crippen molar-refractivity contribution in [3.8, 4) is 0 Å². The highest BCUT2D eigenvalue weighted by Gasteiger charge is 2.34. The number of piperidine rings is 1. The van der Waals surface area contributed by atoms with E-state index in [1.54, 1.807) is 8.61 Å². The molecule has 0 aromatic carbocycles. The van der Waals surface area contributed by atoms with Crippen LogP contribution in [0.3, 0.4) is 0 Å². The van der Waals surface area contributed by atoms with Crippen molar-refractivity contribution in [2.24, 2.45) is 11.7 Å². The molecule has 0 aromatic heterocycles. The van der Waals surface area contributed by atoms with E-state index in [1.807, 2.05) is 0 Å². The molecule has 0 aliphatic carbocycles. The zero-order valence-corrected chi connectivity index (χ0v) is 13.3. The lowest BCUT2D eigenvalue weighted by molar-refractivity contribution is 0.175. The maximum atomic E-state index is 12.7. The monoisotopic (exact) mass is 304 g/mol. The van der Waals surface area contributed by atoms with Gasteiger partial charge in [-0.25, -0.2) is 0 Å². The first-order valence-electron chi connectivity index (χ1n) is 7.75. The summed E-state index contributed by atoms with van der Waals surface area (Å²) in [7, 11) is -3.28. The largest absolute Gasteiger partial charge is 0.330 e. The van der Waals surface area contributed by atoms with Gasteiger partial charge in [0, 0.05) is 39.3 Å². The predicted octanol–water partition coefficient (Wildman–Crippen LogP) is -0.0705. The minimum absolute atomic E-state index is 0.319. The van der Waals surface area contributed by atoms with Crippen molar-refractivity contribution in [2.45, 2.75) is 26.2 Å². The quantitative estimate of drug-likeness (QED) is 0.772. The summed E-state index contributed by atoms with van der Waals surface area (Å²) in [6.45, 7) is 7.97. The van der Waals surface area contributed by atoms with Crippen LogP contribution in [0.4, 0.5) is 0 Å². The van der Waals surface area contributed by atoms with E-state index >= 15 is 0 Å². The molecule has 2 aliphatic heterocycles. The maximum Gasteiger partial charge on any atom is 0.282 e. The van der Waals surface area contributed by atoms with Crippen LogP contribution < -0.4 is 5.73 Å². The van der Waals surface area contributed by atoms with Gasteiger partial charge in [-0.2, -0.15) is 17.0 Å². The zero-order chi connectivity index (χ0) is 14.6. The van der Waals surface area contributed by atoms with Crippen molar-refractivity contribution >= 4 is 10.2 Å². The van der Waals surface area contributed by atoms with Crippen LogP contribution in [0.1, 0.15) is 26.2 Å². The molecule has 1 atom stereocenters. The van der Waals surface area contributed by atoms with Crippen LogP contribution in [0.15, 0.2) is 0 Å². The molecule has 2 rings (SSSR count). The van der Waals surface area contributed by atoms with Gasteiger partial charge in [0.05, 0.1) is 0 Å². The fourth-order valence-electron chi connectivity index (χ4n) is 3.09. The van der Waals surface area contributed by atoms with Crippen LogP contribution in [0.2, 0.25) is 0 Å². The Kier molecular flexibility index (Phi) is 5.80. The van der Waals surface area contributed by atoms with Crippen LogP contribution in [0.25, 0.3) is 0 Å². The van der Waals surface area contributed by atoms with Crippen LogP contribution in [-0.2, 0) is 10.2 Å². The van der Waals surface area contributed by atoms with Gasteiger partial charge in [-0.1, -0.05) is 6.92 Å². The molecule has 2 heterocycles. The van der Waals surface area contributed by atoms with Gasteiger partial charge in [0.2, 0.25) is 0 Å². The second kappa shape index (κ2) is 7.17. The summed E-state index contributed by atoms with van der Waals surface area (Å²) in [5.41, 5.74) is 5.70. The second-order valence-corrected chi connectivity index (χ2v) is 7.78. The molecule has 0 radical (unpaired) electrons. The molecule has 2 fully saturated rings. The van der Waals surface area contributed by atoms with E-state index in [4.69, 9.17) is 5.73 Å². The van der Waals surface area contributed by atoms with E-state index in [9.17, 15) is 8.42 Å². The summed E-state index contributed by atoms with van der Waals surface area (Å²) in [4.78, 5) is 2.34. The number of rotatable bonds is 5. The molecule has 0 bridgehead atoms. The Morgan fingerprint density at radius 2 is 1.80 bits per heavy atom. The van der Waals surface area contributed by atoms with E-state index in [0.717, 1.165) is 38.9 Å². The van der Waals surface area contributed by atoms with Crippen molar-refractivity contribution in [3.05, 3.63) is 0 Å². The van der Waals surface area contributed by atoms with Crippen molar-refractivity contribution in [1.29, 1.82) is 0 Å². The maximum absolute atomic E-state index is 12.7. The minimum Gasteiger partial charge on any atom is -0.330 e. The molecule has 7 heteroatoms. The smallest absolute Gasteiger partial charge is 0.282 e. The van der Waals surface area contributed by atoms with Gasteiger partial charge >= 0.3 is 0 Å². The first-order valence-corrected chi connectivity index (χ1v) is 9.15. The topological polar surface area (TPSA) is 69.9 Å². The molecular formula is C13H28N4O2S. The summed E-state index contributed by atoms with van der Waals surface area (Å²) < 4.78 is 28.6. The summed E-state index contributed by atoms with van der Waals surface area (Å²) in [6.07, 6.45) is 3.10.